The van der Waals surface area contributed by atoms with Crippen molar-refractivity contribution in [3.63, 3.8) is 0 Å². The van der Waals surface area contributed by atoms with Crippen LogP contribution in [0.25, 0.3) is 17.0 Å². The highest BCUT2D eigenvalue weighted by Gasteiger charge is 2.27. The molecule has 2 aliphatic heterocycles. The third-order valence-corrected chi connectivity index (χ3v) is 5.99. The van der Waals surface area contributed by atoms with Gasteiger partial charge in [0.2, 0.25) is 5.91 Å². The van der Waals surface area contributed by atoms with E-state index in [1.807, 2.05) is 29.0 Å². The first-order valence-electron chi connectivity index (χ1n) is 9.40. The molecular weight excluding hydrogens is 456 g/mol. The summed E-state index contributed by atoms with van der Waals surface area (Å²) in [6.45, 7) is 1.48. The van der Waals surface area contributed by atoms with Crippen molar-refractivity contribution in [2.45, 2.75) is 25.5 Å². The summed E-state index contributed by atoms with van der Waals surface area (Å²) < 4.78 is 8.36. The van der Waals surface area contributed by atoms with Crippen LogP contribution in [0.5, 0.6) is 0 Å². The molecule has 2 aromatic rings. The molecule has 4 rings (SSSR count). The molecule has 0 bridgehead atoms. The molecule has 3 heterocycles. The van der Waals surface area contributed by atoms with E-state index in [0.29, 0.717) is 17.4 Å². The lowest BCUT2D eigenvalue weighted by Gasteiger charge is -2.11. The first-order chi connectivity index (χ1) is 13.9. The van der Waals surface area contributed by atoms with Crippen molar-refractivity contribution in [1.29, 1.82) is 0 Å². The Hall–Kier alpha value is -2.23. The van der Waals surface area contributed by atoms with Crippen molar-refractivity contribution in [2.24, 2.45) is 0 Å². The lowest BCUT2D eigenvalue weighted by atomic mass is 10.1. The van der Waals surface area contributed by atoms with E-state index in [0.717, 1.165) is 40.4 Å². The van der Waals surface area contributed by atoms with Gasteiger partial charge in [0.05, 0.1) is 6.10 Å². The van der Waals surface area contributed by atoms with Crippen molar-refractivity contribution >= 4 is 62.1 Å². The van der Waals surface area contributed by atoms with Crippen molar-refractivity contribution < 1.29 is 14.3 Å². The van der Waals surface area contributed by atoms with E-state index in [1.54, 1.807) is 13.1 Å². The van der Waals surface area contributed by atoms with Gasteiger partial charge in [-0.2, -0.15) is 0 Å². The molecule has 7 nitrogen and oxygen atoms in total. The summed E-state index contributed by atoms with van der Waals surface area (Å²) in [4.78, 5) is 26.2. The highest BCUT2D eigenvalue weighted by Crippen LogP contribution is 2.27. The Morgan fingerprint density at radius 3 is 3.00 bits per heavy atom. The van der Waals surface area contributed by atoms with Gasteiger partial charge < -0.3 is 19.9 Å². The number of ether oxygens (including phenoxy) is 1. The molecule has 1 aromatic heterocycles. The summed E-state index contributed by atoms with van der Waals surface area (Å²) in [5.41, 5.74) is 2.16. The maximum absolute atomic E-state index is 12.5. The summed E-state index contributed by atoms with van der Waals surface area (Å²) in [7, 11) is 1.64. The number of carbonyl (C=O) groups is 2. The van der Waals surface area contributed by atoms with Gasteiger partial charge >= 0.3 is 0 Å². The van der Waals surface area contributed by atoms with Gasteiger partial charge in [-0.05, 0) is 49.3 Å². The second-order valence-electron chi connectivity index (χ2n) is 7.17. The molecule has 1 aromatic carbocycles. The number of nitrogens with one attached hydrogen (secondary N) is 2. The molecule has 2 fully saturated rings. The van der Waals surface area contributed by atoms with Crippen LogP contribution >= 0.6 is 28.1 Å². The van der Waals surface area contributed by atoms with Crippen LogP contribution in [0, 0.1) is 0 Å². The normalized spacial score (nSPS) is 20.7. The number of carbonyl (C=O) groups excluding carboxylic acids is 2. The van der Waals surface area contributed by atoms with Crippen LogP contribution in [0.3, 0.4) is 0 Å². The number of nitrogens with zero attached hydrogens (tertiary/aromatic N) is 2. The van der Waals surface area contributed by atoms with Crippen LogP contribution in [-0.4, -0.2) is 52.7 Å². The van der Waals surface area contributed by atoms with Crippen LogP contribution < -0.4 is 10.6 Å². The molecule has 2 N–H and O–H groups in total. The average Bonchev–Trinajstić information content (AvgIpc) is 3.38. The first-order valence-corrected chi connectivity index (χ1v) is 10.6. The van der Waals surface area contributed by atoms with Gasteiger partial charge in [0.25, 0.3) is 5.91 Å². The van der Waals surface area contributed by atoms with Crippen LogP contribution in [0.2, 0.25) is 0 Å². The third-order valence-electron chi connectivity index (χ3n) is 5.12. The van der Waals surface area contributed by atoms with E-state index in [4.69, 9.17) is 17.0 Å². The Morgan fingerprint density at radius 2 is 2.31 bits per heavy atom. The van der Waals surface area contributed by atoms with Gasteiger partial charge in [0, 0.05) is 47.3 Å². The summed E-state index contributed by atoms with van der Waals surface area (Å²) >= 11 is 8.64. The minimum absolute atomic E-state index is 0.0736. The predicted octanol–water partition coefficient (Wildman–Crippen LogP) is 2.39. The number of thiocarbonyl (C=S) groups is 1. The molecule has 152 valence electrons. The molecule has 0 aliphatic carbocycles. The Bertz CT molecular complexity index is 1030. The molecule has 1 atom stereocenters. The number of halogens is 1. The Kier molecular flexibility index (Phi) is 5.71. The summed E-state index contributed by atoms with van der Waals surface area (Å²) in [5, 5.41) is 7.20. The fourth-order valence-electron chi connectivity index (χ4n) is 3.57. The minimum atomic E-state index is -0.180. The Morgan fingerprint density at radius 1 is 1.48 bits per heavy atom. The fourth-order valence-corrected chi connectivity index (χ4v) is 4.12. The fraction of sp³-hybridized carbons (Fsp3) is 0.350. The van der Waals surface area contributed by atoms with E-state index in [-0.39, 0.29) is 24.5 Å². The van der Waals surface area contributed by atoms with E-state index < -0.39 is 0 Å². The standard InChI is InChI=1S/C20H21BrN4O3S/c1-24-19(27)16(23-20(24)29)7-12-10-25(17-5-4-13(21)8-15(12)17)11-18(26)22-9-14-3-2-6-28-14/h4-5,7-8,10,14H,2-3,6,9,11H2,1H3,(H,22,26)(H,23,29)/b16-7-/t14-/m0/s1. The van der Waals surface area contributed by atoms with E-state index in [9.17, 15) is 9.59 Å². The lowest BCUT2D eigenvalue weighted by Crippen LogP contribution is -2.34. The Balaban J connectivity index is 1.59. The maximum atomic E-state index is 12.5. The number of hydrogen-bond donors (Lipinski definition) is 2. The van der Waals surface area contributed by atoms with Crippen LogP contribution in [0.1, 0.15) is 18.4 Å². The largest absolute Gasteiger partial charge is 0.376 e. The van der Waals surface area contributed by atoms with Crippen LogP contribution in [0.15, 0.2) is 34.6 Å². The van der Waals surface area contributed by atoms with Gasteiger partial charge in [0.1, 0.15) is 12.2 Å². The van der Waals surface area contributed by atoms with Crippen molar-refractivity contribution in [1.82, 2.24) is 20.1 Å². The molecule has 29 heavy (non-hydrogen) atoms. The van der Waals surface area contributed by atoms with Crippen LogP contribution in [0.4, 0.5) is 0 Å². The van der Waals surface area contributed by atoms with Gasteiger partial charge in [-0.1, -0.05) is 15.9 Å². The van der Waals surface area contributed by atoms with E-state index >= 15 is 0 Å². The predicted molar refractivity (Wildman–Crippen MR) is 118 cm³/mol. The number of hydrogen-bond acceptors (Lipinski definition) is 4. The minimum Gasteiger partial charge on any atom is -0.376 e. The topological polar surface area (TPSA) is 75.6 Å². The summed E-state index contributed by atoms with van der Waals surface area (Å²) in [5.74, 6) is -0.254. The van der Waals surface area contributed by atoms with Gasteiger partial charge in [-0.25, -0.2) is 0 Å². The second kappa shape index (κ2) is 8.25. The first kappa shape index (κ1) is 20.1. The average molecular weight is 477 g/mol. The zero-order valence-electron chi connectivity index (χ0n) is 15.9. The number of rotatable bonds is 5. The molecule has 0 saturated carbocycles. The van der Waals surface area contributed by atoms with Gasteiger partial charge in [0.15, 0.2) is 5.11 Å². The van der Waals surface area contributed by atoms with E-state index in [2.05, 4.69) is 26.6 Å². The maximum Gasteiger partial charge on any atom is 0.276 e. The SMILES string of the molecule is CN1C(=O)/C(=C/c2cn(CC(=O)NC[C@@H]3CCCO3)c3ccc(Br)cc23)NC1=S. The number of fused-ring (bicyclic) bond motifs is 1. The molecule has 2 aliphatic rings. The Labute approximate surface area is 182 Å². The molecule has 9 heteroatoms. The van der Waals surface area contributed by atoms with Crippen molar-refractivity contribution in [3.05, 3.63) is 40.1 Å². The van der Waals surface area contributed by atoms with Crippen molar-refractivity contribution in [2.75, 3.05) is 20.2 Å². The van der Waals surface area contributed by atoms with Crippen LogP contribution in [-0.2, 0) is 20.9 Å². The van der Waals surface area contributed by atoms with E-state index in [1.165, 1.54) is 4.90 Å². The third kappa shape index (κ3) is 4.22. The molecule has 0 spiro atoms. The zero-order valence-corrected chi connectivity index (χ0v) is 18.3. The molecule has 2 amide bonds. The number of aromatic nitrogens is 1. The molecule has 0 radical (unpaired) electrons. The summed E-state index contributed by atoms with van der Waals surface area (Å²) in [6, 6.07) is 5.86. The van der Waals surface area contributed by atoms with Gasteiger partial charge in [-0.3, -0.25) is 14.5 Å². The van der Waals surface area contributed by atoms with Crippen molar-refractivity contribution in [3.8, 4) is 0 Å². The smallest absolute Gasteiger partial charge is 0.276 e. The molecule has 2 saturated heterocycles. The lowest BCUT2D eigenvalue weighted by molar-refractivity contribution is -0.122. The summed E-state index contributed by atoms with van der Waals surface area (Å²) in [6.07, 6.45) is 5.79. The highest BCUT2D eigenvalue weighted by molar-refractivity contribution is 9.10. The molecular formula is C20H21BrN4O3S. The molecule has 0 unspecified atom stereocenters. The monoisotopic (exact) mass is 476 g/mol. The second-order valence-corrected chi connectivity index (χ2v) is 8.47. The van der Waals surface area contributed by atoms with Gasteiger partial charge in [-0.15, -0.1) is 0 Å². The highest BCUT2D eigenvalue weighted by atomic mass is 79.9. The number of benzene rings is 1. The number of likely N-dealkylation sites (N-methyl/N-ethyl adjacent to an activating group) is 1. The zero-order chi connectivity index (χ0) is 20.5. The number of amides is 2. The quantitative estimate of drug-likeness (QED) is 0.511.